The lowest BCUT2D eigenvalue weighted by atomic mass is 9.92. The summed E-state index contributed by atoms with van der Waals surface area (Å²) in [5, 5.41) is 12.0. The molecule has 0 aliphatic carbocycles. The predicted molar refractivity (Wildman–Crippen MR) is 290 cm³/mol. The summed E-state index contributed by atoms with van der Waals surface area (Å²) in [6.07, 6.45) is 0. The van der Waals surface area contributed by atoms with Gasteiger partial charge in [0.2, 0.25) is 11.8 Å². The van der Waals surface area contributed by atoms with E-state index < -0.39 is 0 Å². The highest BCUT2D eigenvalue weighted by atomic mass is 16.3. The molecule has 15 aromatic rings. The molecule has 0 atom stereocenters. The zero-order valence-corrected chi connectivity index (χ0v) is 38.0. The molecular weight excluding hydrogens is 869 g/mol. The van der Waals surface area contributed by atoms with Crippen molar-refractivity contribution in [2.75, 3.05) is 0 Å². The van der Waals surface area contributed by atoms with Crippen LogP contribution in [0.1, 0.15) is 0 Å². The summed E-state index contributed by atoms with van der Waals surface area (Å²) in [5.41, 5.74) is 11.3. The average molecular weight is 907 g/mol. The van der Waals surface area contributed by atoms with E-state index in [4.69, 9.17) is 24.4 Å². The maximum Gasteiger partial charge on any atom is 0.238 e. The van der Waals surface area contributed by atoms with Gasteiger partial charge in [0.15, 0.2) is 17.2 Å². The molecule has 0 aliphatic heterocycles. The van der Waals surface area contributed by atoms with E-state index in [-0.39, 0.29) is 0 Å². The number of hydrogen-bond donors (Lipinski definition) is 0. The van der Waals surface area contributed by atoms with Gasteiger partial charge in [0.05, 0.1) is 27.6 Å². The minimum atomic E-state index is 0.484. The van der Waals surface area contributed by atoms with Crippen molar-refractivity contribution >= 4 is 87.0 Å². The zero-order chi connectivity index (χ0) is 46.6. The van der Waals surface area contributed by atoms with Crippen molar-refractivity contribution in [2.24, 2.45) is 0 Å². The van der Waals surface area contributed by atoms with Gasteiger partial charge >= 0.3 is 0 Å². The fourth-order valence-electron chi connectivity index (χ4n) is 11.0. The van der Waals surface area contributed by atoms with E-state index in [2.05, 4.69) is 161 Å². The number of hydrogen-bond acceptors (Lipinski definition) is 5. The molecule has 11 aromatic carbocycles. The Morgan fingerprint density at radius 3 is 1.51 bits per heavy atom. The van der Waals surface area contributed by atoms with Crippen LogP contribution >= 0.6 is 0 Å². The highest BCUT2D eigenvalue weighted by molar-refractivity contribution is 6.26. The van der Waals surface area contributed by atoms with E-state index in [0.717, 1.165) is 82.6 Å². The van der Waals surface area contributed by atoms with Gasteiger partial charge in [0.25, 0.3) is 0 Å². The first-order valence-corrected chi connectivity index (χ1v) is 23.9. The highest BCUT2D eigenvalue weighted by Gasteiger charge is 2.25. The normalized spacial score (nSPS) is 11.9. The summed E-state index contributed by atoms with van der Waals surface area (Å²) in [6.45, 7) is 0. The number of nitrogens with zero attached hydrogens (tertiary/aromatic N) is 6. The van der Waals surface area contributed by atoms with Crippen LogP contribution in [0, 0.1) is 0 Å². The van der Waals surface area contributed by atoms with Crippen LogP contribution < -0.4 is 0 Å². The maximum absolute atomic E-state index is 6.59. The van der Waals surface area contributed by atoms with Gasteiger partial charge in [-0.2, -0.15) is 9.97 Å². The summed E-state index contributed by atoms with van der Waals surface area (Å²) < 4.78 is 11.3. The molecule has 4 aromatic heterocycles. The fourth-order valence-corrected chi connectivity index (χ4v) is 11.0. The van der Waals surface area contributed by atoms with Crippen molar-refractivity contribution in [3.8, 4) is 57.0 Å². The molecule has 0 fully saturated rings. The minimum Gasteiger partial charge on any atom is -0.435 e. The molecule has 0 aliphatic rings. The smallest absolute Gasteiger partial charge is 0.238 e. The van der Waals surface area contributed by atoms with E-state index >= 15 is 0 Å². The van der Waals surface area contributed by atoms with Crippen molar-refractivity contribution in [2.45, 2.75) is 0 Å². The highest BCUT2D eigenvalue weighted by Crippen LogP contribution is 2.43. The summed E-state index contributed by atoms with van der Waals surface area (Å²) in [6, 6.07) is 81.3. The lowest BCUT2D eigenvalue weighted by Gasteiger charge is -2.15. The zero-order valence-electron chi connectivity index (χ0n) is 38.0. The Morgan fingerprint density at radius 2 is 0.817 bits per heavy atom. The second kappa shape index (κ2) is 15.4. The predicted octanol–water partition coefficient (Wildman–Crippen LogP) is 16.3. The van der Waals surface area contributed by atoms with Crippen LogP contribution in [-0.4, -0.2) is 29.1 Å². The van der Waals surface area contributed by atoms with Gasteiger partial charge in [-0.1, -0.05) is 176 Å². The van der Waals surface area contributed by atoms with Gasteiger partial charge in [0.1, 0.15) is 5.52 Å². The number of aromatic nitrogens is 6. The van der Waals surface area contributed by atoms with Crippen LogP contribution in [0.2, 0.25) is 0 Å². The third kappa shape index (κ3) is 6.03. The molecular formula is C64H38N6O. The third-order valence-corrected chi connectivity index (χ3v) is 14.2. The lowest BCUT2D eigenvalue weighted by Crippen LogP contribution is -2.07. The molecule has 0 unspecified atom stereocenters. The molecule has 0 spiro atoms. The van der Waals surface area contributed by atoms with Crippen molar-refractivity contribution in [1.29, 1.82) is 0 Å². The molecule has 0 amide bonds. The lowest BCUT2D eigenvalue weighted by molar-refractivity contribution is 0.620. The van der Waals surface area contributed by atoms with Gasteiger partial charge in [-0.05, 0) is 98.0 Å². The van der Waals surface area contributed by atoms with Crippen molar-refractivity contribution in [1.82, 2.24) is 29.1 Å². The molecule has 0 radical (unpaired) electrons. The fraction of sp³-hybridized carbons (Fsp3) is 0. The van der Waals surface area contributed by atoms with Crippen LogP contribution in [0.4, 0.5) is 0 Å². The molecule has 0 saturated heterocycles. The first-order valence-electron chi connectivity index (χ1n) is 23.9. The molecule has 330 valence electrons. The standard InChI is InChI=1S/C64H38N6O/c1-3-17-39(18-4-1)61-66-62(53-29-16-30-55-60(53)71-63(65-55)40-19-5-2-6-20-40)68-64(67-61)70-57-32-14-12-28-50(57)52-36-35-51-49-27-11-13-31-56(49)69(58(51)59(52)70)43-22-15-21-41(37-43)42-33-34-48-46-25-8-7-23-44(46)45-24-9-10-26-47(45)54(48)38-42/h1-38H. The minimum absolute atomic E-state index is 0.484. The SMILES string of the molecule is c1ccc(-c2nc(-c3cccc4nc(-c5ccccc5)oc34)nc(-n3c4ccccc4c4ccc5c6ccccc6n(-c6cccc(-c7ccc8c9ccccc9c9ccccc9c8c7)c6)c5c43)n2)cc1. The van der Waals surface area contributed by atoms with Gasteiger partial charge in [-0.15, -0.1) is 0 Å². The second-order valence-corrected chi connectivity index (χ2v) is 18.2. The van der Waals surface area contributed by atoms with Crippen molar-refractivity contribution in [3.05, 3.63) is 231 Å². The van der Waals surface area contributed by atoms with Gasteiger partial charge in [0, 0.05) is 38.4 Å². The van der Waals surface area contributed by atoms with Gasteiger partial charge in [-0.3, -0.25) is 4.57 Å². The van der Waals surface area contributed by atoms with Crippen molar-refractivity contribution < 1.29 is 4.42 Å². The quantitative estimate of drug-likeness (QED) is 0.155. The molecule has 7 heteroatoms. The Balaban J connectivity index is 0.992. The van der Waals surface area contributed by atoms with Crippen LogP contribution in [0.15, 0.2) is 235 Å². The largest absolute Gasteiger partial charge is 0.435 e. The number of para-hydroxylation sites is 3. The van der Waals surface area contributed by atoms with E-state index in [1.165, 1.54) is 32.3 Å². The van der Waals surface area contributed by atoms with Crippen LogP contribution in [0.3, 0.4) is 0 Å². The Labute approximate surface area is 406 Å². The Kier molecular flexibility index (Phi) is 8.52. The molecule has 0 N–H and O–H groups in total. The number of oxazole rings is 1. The Morgan fingerprint density at radius 1 is 0.310 bits per heavy atom. The average Bonchev–Trinajstić information content (AvgIpc) is 4.14. The van der Waals surface area contributed by atoms with E-state index in [1.54, 1.807) is 0 Å². The second-order valence-electron chi connectivity index (χ2n) is 18.2. The van der Waals surface area contributed by atoms with E-state index in [1.807, 2.05) is 78.9 Å². The van der Waals surface area contributed by atoms with Crippen molar-refractivity contribution in [3.63, 3.8) is 0 Å². The van der Waals surface area contributed by atoms with Gasteiger partial charge < -0.3 is 8.98 Å². The summed E-state index contributed by atoms with van der Waals surface area (Å²) in [7, 11) is 0. The Bertz CT molecular complexity index is 4610. The van der Waals surface area contributed by atoms with E-state index in [0.29, 0.717) is 29.1 Å². The monoisotopic (exact) mass is 906 g/mol. The third-order valence-electron chi connectivity index (χ3n) is 14.2. The number of benzene rings is 11. The summed E-state index contributed by atoms with van der Waals surface area (Å²) >= 11 is 0. The van der Waals surface area contributed by atoms with Crippen LogP contribution in [0.5, 0.6) is 0 Å². The number of rotatable bonds is 6. The first-order chi connectivity index (χ1) is 35.2. The molecule has 71 heavy (non-hydrogen) atoms. The van der Waals surface area contributed by atoms with Gasteiger partial charge in [-0.25, -0.2) is 9.97 Å². The van der Waals surface area contributed by atoms with Crippen LogP contribution in [-0.2, 0) is 0 Å². The van der Waals surface area contributed by atoms with Crippen LogP contribution in [0.25, 0.3) is 144 Å². The molecule has 7 nitrogen and oxygen atoms in total. The molecule has 0 bridgehead atoms. The topological polar surface area (TPSA) is 74.6 Å². The summed E-state index contributed by atoms with van der Waals surface area (Å²) in [4.78, 5) is 20.9. The molecule has 15 rings (SSSR count). The maximum atomic E-state index is 6.59. The first kappa shape index (κ1) is 39.3. The molecule has 4 heterocycles. The summed E-state index contributed by atoms with van der Waals surface area (Å²) in [5.74, 6) is 2.06. The van der Waals surface area contributed by atoms with E-state index in [9.17, 15) is 0 Å². The molecule has 0 saturated carbocycles. The number of fused-ring (bicyclic) bond motifs is 14. The Hall–Kier alpha value is -9.72.